The van der Waals surface area contributed by atoms with E-state index in [1.54, 1.807) is 6.07 Å². The van der Waals surface area contributed by atoms with Crippen molar-refractivity contribution in [1.29, 1.82) is 0 Å². The van der Waals surface area contributed by atoms with Gasteiger partial charge >= 0.3 is 6.18 Å². The number of aromatic nitrogens is 2. The molecule has 0 aliphatic carbocycles. The molecule has 1 fully saturated rings. The zero-order valence-electron chi connectivity index (χ0n) is 14.6. The minimum Gasteiger partial charge on any atom is -0.507 e. The van der Waals surface area contributed by atoms with E-state index >= 15 is 0 Å². The first-order chi connectivity index (χ1) is 12.3. The maximum absolute atomic E-state index is 12.9. The summed E-state index contributed by atoms with van der Waals surface area (Å²) < 4.78 is 38.6. The van der Waals surface area contributed by atoms with E-state index in [-0.39, 0.29) is 11.6 Å². The van der Waals surface area contributed by atoms with Crippen LogP contribution < -0.4 is 10.6 Å². The van der Waals surface area contributed by atoms with E-state index in [0.717, 1.165) is 43.6 Å². The molecule has 1 aliphatic heterocycles. The van der Waals surface area contributed by atoms with Crippen molar-refractivity contribution in [3.05, 3.63) is 34.9 Å². The molecule has 0 unspecified atom stereocenters. The maximum atomic E-state index is 12.9. The molecule has 2 aromatic rings. The van der Waals surface area contributed by atoms with Crippen LogP contribution in [-0.2, 0) is 6.18 Å². The molecule has 1 saturated heterocycles. The average Bonchev–Trinajstić information content (AvgIpc) is 2.57. The maximum Gasteiger partial charge on any atom is 0.416 e. The topological polar surface area (TPSA) is 70.1 Å². The second-order valence-electron chi connectivity index (χ2n) is 6.63. The highest BCUT2D eigenvalue weighted by Gasteiger charge is 2.32. The van der Waals surface area contributed by atoms with Crippen LogP contribution in [0, 0.1) is 13.8 Å². The Morgan fingerprint density at radius 2 is 1.92 bits per heavy atom. The van der Waals surface area contributed by atoms with E-state index in [1.807, 2.05) is 6.92 Å². The van der Waals surface area contributed by atoms with Crippen LogP contribution in [0.1, 0.15) is 29.5 Å². The Kier molecular flexibility index (Phi) is 5.04. The molecule has 1 aromatic carbocycles. The molecule has 0 amide bonds. The zero-order chi connectivity index (χ0) is 18.9. The molecule has 1 aliphatic rings. The van der Waals surface area contributed by atoms with Crippen molar-refractivity contribution < 1.29 is 18.3 Å². The number of aromatic hydroxyl groups is 1. The molecule has 0 bridgehead atoms. The Balaban J connectivity index is 1.89. The molecule has 1 atom stereocenters. The molecule has 1 aromatic heterocycles. The molecular weight excluding hydrogens is 345 g/mol. The first-order valence-corrected chi connectivity index (χ1v) is 8.48. The minimum absolute atomic E-state index is 0.263. The van der Waals surface area contributed by atoms with Crippen LogP contribution in [0.15, 0.2) is 18.2 Å². The molecule has 0 saturated carbocycles. The summed E-state index contributed by atoms with van der Waals surface area (Å²) in [5, 5.41) is 25.1. The largest absolute Gasteiger partial charge is 0.507 e. The van der Waals surface area contributed by atoms with E-state index in [4.69, 9.17) is 0 Å². The van der Waals surface area contributed by atoms with Gasteiger partial charge in [0.2, 0.25) is 0 Å². The predicted molar refractivity (Wildman–Crippen MR) is 93.1 cm³/mol. The summed E-state index contributed by atoms with van der Waals surface area (Å²) in [6, 6.07) is 3.72. The summed E-state index contributed by atoms with van der Waals surface area (Å²) in [5.74, 6) is 0.190. The van der Waals surface area contributed by atoms with Gasteiger partial charge in [-0.2, -0.15) is 13.2 Å². The number of halogens is 3. The molecule has 0 radical (unpaired) electrons. The number of anilines is 1. The lowest BCUT2D eigenvalue weighted by Crippen LogP contribution is -2.38. The van der Waals surface area contributed by atoms with Gasteiger partial charge in [-0.15, -0.1) is 10.2 Å². The standard InChI is InChI=1S/C18H21F3N4O/c1-10-6-12(18(19,20)21)8-15(26)16(10)14-7-11(2)17(25-24-14)23-13-4-3-5-22-9-13/h6-8,13,22,26H,3-5,9H2,1-2H3,(H,23,25)/t13-/m1/s1. The molecule has 3 N–H and O–H groups in total. The molecule has 140 valence electrons. The van der Waals surface area contributed by atoms with Crippen LogP contribution >= 0.6 is 0 Å². The highest BCUT2D eigenvalue weighted by atomic mass is 19.4. The Labute approximate surface area is 149 Å². The predicted octanol–water partition coefficient (Wildman–Crippen LogP) is 3.65. The summed E-state index contributed by atoms with van der Waals surface area (Å²) >= 11 is 0. The van der Waals surface area contributed by atoms with E-state index < -0.39 is 17.5 Å². The van der Waals surface area contributed by atoms with Gasteiger partial charge in [-0.25, -0.2) is 0 Å². The molecule has 8 heteroatoms. The van der Waals surface area contributed by atoms with Crippen LogP contribution in [0.2, 0.25) is 0 Å². The van der Waals surface area contributed by atoms with Crippen molar-refractivity contribution in [2.45, 2.75) is 38.9 Å². The number of alkyl halides is 3. The zero-order valence-corrected chi connectivity index (χ0v) is 14.6. The van der Waals surface area contributed by atoms with Crippen molar-refractivity contribution in [3.8, 4) is 17.0 Å². The van der Waals surface area contributed by atoms with Gasteiger partial charge in [-0.05, 0) is 62.6 Å². The molecule has 0 spiro atoms. The summed E-state index contributed by atoms with van der Waals surface area (Å²) in [7, 11) is 0. The van der Waals surface area contributed by atoms with Gasteiger partial charge in [-0.3, -0.25) is 0 Å². The SMILES string of the molecule is Cc1cc(-c2c(C)cc(C(F)(F)F)cc2O)nnc1N[C@@H]1CCCNC1. The number of hydrogen-bond acceptors (Lipinski definition) is 5. The van der Waals surface area contributed by atoms with E-state index in [1.165, 1.54) is 6.92 Å². The average molecular weight is 366 g/mol. The summed E-state index contributed by atoms with van der Waals surface area (Å²) in [4.78, 5) is 0. The second-order valence-corrected chi connectivity index (χ2v) is 6.63. The quantitative estimate of drug-likeness (QED) is 0.774. The number of piperidine rings is 1. The lowest BCUT2D eigenvalue weighted by Gasteiger charge is -2.24. The number of hydrogen-bond donors (Lipinski definition) is 3. The number of rotatable bonds is 3. The van der Waals surface area contributed by atoms with Gasteiger partial charge in [-0.1, -0.05) is 0 Å². The van der Waals surface area contributed by atoms with Crippen LogP contribution in [0.3, 0.4) is 0 Å². The van der Waals surface area contributed by atoms with Crippen molar-refractivity contribution in [2.24, 2.45) is 0 Å². The lowest BCUT2D eigenvalue weighted by atomic mass is 10.00. The molecule has 26 heavy (non-hydrogen) atoms. The molecule has 3 rings (SSSR count). The van der Waals surface area contributed by atoms with E-state index in [2.05, 4.69) is 20.8 Å². The van der Waals surface area contributed by atoms with Gasteiger partial charge in [0.25, 0.3) is 0 Å². The number of benzene rings is 1. The highest BCUT2D eigenvalue weighted by Crippen LogP contribution is 2.38. The Morgan fingerprint density at radius 3 is 2.50 bits per heavy atom. The van der Waals surface area contributed by atoms with Crippen LogP contribution in [0.5, 0.6) is 5.75 Å². The normalized spacial score (nSPS) is 18.0. The first-order valence-electron chi connectivity index (χ1n) is 8.48. The Morgan fingerprint density at radius 1 is 1.15 bits per heavy atom. The monoisotopic (exact) mass is 366 g/mol. The van der Waals surface area contributed by atoms with Crippen molar-refractivity contribution in [1.82, 2.24) is 15.5 Å². The smallest absolute Gasteiger partial charge is 0.416 e. The highest BCUT2D eigenvalue weighted by molar-refractivity contribution is 5.72. The minimum atomic E-state index is -4.51. The van der Waals surface area contributed by atoms with Gasteiger partial charge in [0, 0.05) is 18.2 Å². The summed E-state index contributed by atoms with van der Waals surface area (Å²) in [5.41, 5.74) is 0.838. The third-order valence-corrected chi connectivity index (χ3v) is 4.52. The molecule has 2 heterocycles. The van der Waals surface area contributed by atoms with E-state index in [0.29, 0.717) is 17.1 Å². The molecule has 5 nitrogen and oxygen atoms in total. The van der Waals surface area contributed by atoms with E-state index in [9.17, 15) is 18.3 Å². The third-order valence-electron chi connectivity index (χ3n) is 4.52. The lowest BCUT2D eigenvalue weighted by molar-refractivity contribution is -0.137. The fourth-order valence-corrected chi connectivity index (χ4v) is 3.18. The van der Waals surface area contributed by atoms with Gasteiger partial charge in [0.15, 0.2) is 5.82 Å². The number of nitrogens with one attached hydrogen (secondary N) is 2. The van der Waals surface area contributed by atoms with Gasteiger partial charge in [0.1, 0.15) is 5.75 Å². The summed E-state index contributed by atoms with van der Waals surface area (Å²) in [6.45, 7) is 5.23. The number of phenols is 1. The number of aryl methyl sites for hydroxylation is 2. The Bertz CT molecular complexity index is 779. The van der Waals surface area contributed by atoms with Crippen molar-refractivity contribution in [3.63, 3.8) is 0 Å². The first kappa shape index (κ1) is 18.4. The number of nitrogens with zero attached hydrogens (tertiary/aromatic N) is 2. The van der Waals surface area contributed by atoms with Crippen molar-refractivity contribution in [2.75, 3.05) is 18.4 Å². The number of phenolic OH excluding ortho intramolecular Hbond substituents is 1. The fraction of sp³-hybridized carbons (Fsp3) is 0.444. The van der Waals surface area contributed by atoms with Crippen LogP contribution in [0.4, 0.5) is 19.0 Å². The van der Waals surface area contributed by atoms with Crippen LogP contribution in [-0.4, -0.2) is 34.4 Å². The summed E-state index contributed by atoms with van der Waals surface area (Å²) in [6.07, 6.45) is -2.39. The van der Waals surface area contributed by atoms with Crippen molar-refractivity contribution >= 4 is 5.82 Å². The molecular formula is C18H21F3N4O. The Hall–Kier alpha value is -2.35. The second kappa shape index (κ2) is 7.11. The van der Waals surface area contributed by atoms with Gasteiger partial charge < -0.3 is 15.7 Å². The fourth-order valence-electron chi connectivity index (χ4n) is 3.18. The third kappa shape index (κ3) is 3.90. The van der Waals surface area contributed by atoms with Gasteiger partial charge in [0.05, 0.1) is 11.3 Å². The van der Waals surface area contributed by atoms with Crippen LogP contribution in [0.25, 0.3) is 11.3 Å².